The quantitative estimate of drug-likeness (QED) is 0.822. The number of hydrogen-bond acceptors (Lipinski definition) is 4. The van der Waals surface area contributed by atoms with Gasteiger partial charge in [0.05, 0.1) is 9.47 Å². The van der Waals surface area contributed by atoms with Crippen LogP contribution in [0.15, 0.2) is 32.3 Å². The number of anilines is 2. The summed E-state index contributed by atoms with van der Waals surface area (Å²) < 4.78 is 28.2. The van der Waals surface area contributed by atoms with Crippen LogP contribution in [0.25, 0.3) is 0 Å². The van der Waals surface area contributed by atoms with Crippen molar-refractivity contribution in [1.82, 2.24) is 0 Å². The van der Waals surface area contributed by atoms with Crippen molar-refractivity contribution in [3.63, 3.8) is 0 Å². The van der Waals surface area contributed by atoms with Crippen molar-refractivity contribution in [2.75, 3.05) is 10.5 Å². The number of sulfonamides is 1. The van der Waals surface area contributed by atoms with Crippen molar-refractivity contribution in [3.05, 3.63) is 39.2 Å². The van der Waals surface area contributed by atoms with Gasteiger partial charge in [0.1, 0.15) is 4.21 Å². The molecule has 2 rings (SSSR count). The number of rotatable bonds is 3. The van der Waals surface area contributed by atoms with Gasteiger partial charge in [-0.05, 0) is 59.1 Å². The number of thiophene rings is 1. The lowest BCUT2D eigenvalue weighted by Crippen LogP contribution is -2.12. The number of halogens is 1. The third kappa shape index (κ3) is 3.10. The maximum absolute atomic E-state index is 12.3. The molecular weight excluding hydrogens is 348 g/mol. The third-order valence-electron chi connectivity index (χ3n) is 2.61. The minimum absolute atomic E-state index is 0.277. The summed E-state index contributed by atoms with van der Waals surface area (Å²) in [5, 5.41) is 0. The Balaban J connectivity index is 2.39. The van der Waals surface area contributed by atoms with Gasteiger partial charge in [0.2, 0.25) is 0 Å². The summed E-state index contributed by atoms with van der Waals surface area (Å²) in [5.74, 6) is 0. The zero-order chi connectivity index (χ0) is 14.2. The molecule has 0 fully saturated rings. The van der Waals surface area contributed by atoms with E-state index in [4.69, 9.17) is 5.73 Å². The molecule has 19 heavy (non-hydrogen) atoms. The minimum atomic E-state index is -3.57. The Morgan fingerprint density at radius 3 is 2.47 bits per heavy atom. The van der Waals surface area contributed by atoms with E-state index in [0.717, 1.165) is 14.9 Å². The molecule has 0 spiro atoms. The summed E-state index contributed by atoms with van der Waals surface area (Å²) in [6.45, 7) is 3.68. The normalized spacial score (nSPS) is 11.5. The zero-order valence-electron chi connectivity index (χ0n) is 10.4. The molecule has 0 aliphatic heterocycles. The van der Waals surface area contributed by atoms with Crippen LogP contribution in [0.2, 0.25) is 0 Å². The van der Waals surface area contributed by atoms with Gasteiger partial charge in [-0.25, -0.2) is 8.42 Å². The molecule has 1 aromatic carbocycles. The topological polar surface area (TPSA) is 72.2 Å². The first-order valence-corrected chi connectivity index (χ1v) is 8.54. The summed E-state index contributed by atoms with van der Waals surface area (Å²) in [6, 6.07) is 6.77. The molecule has 0 saturated heterocycles. The number of nitrogens with one attached hydrogen (secondary N) is 1. The molecule has 1 aromatic heterocycles. The van der Waals surface area contributed by atoms with Crippen molar-refractivity contribution in [1.29, 1.82) is 0 Å². The van der Waals surface area contributed by atoms with Gasteiger partial charge in [0.25, 0.3) is 10.0 Å². The van der Waals surface area contributed by atoms with E-state index in [9.17, 15) is 8.42 Å². The van der Waals surface area contributed by atoms with E-state index in [1.165, 1.54) is 11.3 Å². The molecule has 0 radical (unpaired) electrons. The van der Waals surface area contributed by atoms with Crippen molar-refractivity contribution < 1.29 is 8.42 Å². The molecular formula is C12H13BrN2O2S2. The Morgan fingerprint density at radius 1 is 1.21 bits per heavy atom. The Hall–Kier alpha value is -1.05. The van der Waals surface area contributed by atoms with Crippen molar-refractivity contribution >= 4 is 48.7 Å². The Kier molecular flexibility index (Phi) is 3.89. The number of nitrogen functional groups attached to an aromatic ring is 1. The van der Waals surface area contributed by atoms with Crippen molar-refractivity contribution in [2.45, 2.75) is 18.1 Å². The molecule has 0 unspecified atom stereocenters. The summed E-state index contributed by atoms with van der Waals surface area (Å²) in [4.78, 5) is 0. The predicted molar refractivity (Wildman–Crippen MR) is 83.2 cm³/mol. The Bertz CT molecular complexity index is 704. The van der Waals surface area contributed by atoms with Gasteiger partial charge in [0, 0.05) is 5.69 Å². The average molecular weight is 361 g/mol. The van der Waals surface area contributed by atoms with Crippen LogP contribution in [0.3, 0.4) is 0 Å². The van der Waals surface area contributed by atoms with E-state index in [1.54, 1.807) is 24.3 Å². The first-order valence-electron chi connectivity index (χ1n) is 5.44. The number of nitrogens with two attached hydrogens (primary N) is 1. The molecule has 102 valence electrons. The van der Waals surface area contributed by atoms with E-state index in [0.29, 0.717) is 11.4 Å². The number of benzene rings is 1. The molecule has 3 N–H and O–H groups in total. The fraction of sp³-hybridized carbons (Fsp3) is 0.167. The molecule has 1 heterocycles. The van der Waals surface area contributed by atoms with Crippen LogP contribution >= 0.6 is 27.3 Å². The average Bonchev–Trinajstić information content (AvgIpc) is 2.65. The monoisotopic (exact) mass is 360 g/mol. The molecule has 0 atom stereocenters. The Morgan fingerprint density at radius 2 is 1.89 bits per heavy atom. The summed E-state index contributed by atoms with van der Waals surface area (Å²) >= 11 is 4.51. The highest BCUT2D eigenvalue weighted by Gasteiger charge is 2.19. The molecule has 0 saturated carbocycles. The van der Waals surface area contributed by atoms with Gasteiger partial charge in [-0.2, -0.15) is 0 Å². The first-order chi connectivity index (χ1) is 8.79. The summed E-state index contributed by atoms with van der Waals surface area (Å²) in [6.07, 6.45) is 0. The zero-order valence-corrected chi connectivity index (χ0v) is 13.6. The van der Waals surface area contributed by atoms with E-state index in [1.807, 2.05) is 13.8 Å². The smallest absolute Gasteiger partial charge is 0.271 e. The standard InChI is InChI=1S/C12H13BrN2O2S2/c1-7-3-4-9(14)6-10(7)15-19(16,17)11-5-8(2)12(13)18-11/h3-6,15H,14H2,1-2H3. The van der Waals surface area contributed by atoms with Gasteiger partial charge in [-0.1, -0.05) is 6.07 Å². The lowest BCUT2D eigenvalue weighted by Gasteiger charge is -2.09. The van der Waals surface area contributed by atoms with Crippen LogP contribution in [-0.2, 0) is 10.0 Å². The van der Waals surface area contributed by atoms with E-state index in [2.05, 4.69) is 20.7 Å². The van der Waals surface area contributed by atoms with Gasteiger partial charge < -0.3 is 5.73 Å². The molecule has 0 amide bonds. The van der Waals surface area contributed by atoms with Gasteiger partial charge >= 0.3 is 0 Å². The maximum atomic E-state index is 12.3. The van der Waals surface area contributed by atoms with Crippen LogP contribution in [0.4, 0.5) is 11.4 Å². The van der Waals surface area contributed by atoms with Crippen LogP contribution in [0.1, 0.15) is 11.1 Å². The summed E-state index contributed by atoms with van der Waals surface area (Å²) in [5.41, 5.74) is 8.42. The molecule has 4 nitrogen and oxygen atoms in total. The van der Waals surface area contributed by atoms with Gasteiger partial charge in [0.15, 0.2) is 0 Å². The fourth-order valence-corrected chi connectivity index (χ4v) is 4.86. The maximum Gasteiger partial charge on any atom is 0.271 e. The second-order valence-electron chi connectivity index (χ2n) is 4.20. The first kappa shape index (κ1) is 14.4. The van der Waals surface area contributed by atoms with Crippen LogP contribution in [0, 0.1) is 13.8 Å². The molecule has 2 aromatic rings. The van der Waals surface area contributed by atoms with Crippen molar-refractivity contribution in [3.8, 4) is 0 Å². The number of aryl methyl sites for hydroxylation is 2. The highest BCUT2D eigenvalue weighted by atomic mass is 79.9. The molecule has 0 aliphatic rings. The molecule has 0 bridgehead atoms. The highest BCUT2D eigenvalue weighted by molar-refractivity contribution is 9.11. The largest absolute Gasteiger partial charge is 0.399 e. The molecule has 7 heteroatoms. The second-order valence-corrected chi connectivity index (χ2v) is 8.48. The number of hydrogen-bond donors (Lipinski definition) is 2. The second kappa shape index (κ2) is 5.15. The SMILES string of the molecule is Cc1ccc(N)cc1NS(=O)(=O)c1cc(C)c(Br)s1. The van der Waals surface area contributed by atoms with E-state index in [-0.39, 0.29) is 4.21 Å². The van der Waals surface area contributed by atoms with E-state index >= 15 is 0 Å². The van der Waals surface area contributed by atoms with Crippen LogP contribution < -0.4 is 10.5 Å². The molecule has 0 aliphatic carbocycles. The lowest BCUT2D eigenvalue weighted by atomic mass is 10.2. The minimum Gasteiger partial charge on any atom is -0.399 e. The van der Waals surface area contributed by atoms with Crippen molar-refractivity contribution in [2.24, 2.45) is 0 Å². The van der Waals surface area contributed by atoms with Gasteiger partial charge in [-0.15, -0.1) is 11.3 Å². The third-order valence-corrected chi connectivity index (χ3v) is 6.58. The predicted octanol–water partition coefficient (Wildman–Crippen LogP) is 3.51. The highest BCUT2D eigenvalue weighted by Crippen LogP contribution is 2.32. The van der Waals surface area contributed by atoms with E-state index < -0.39 is 10.0 Å². The van der Waals surface area contributed by atoms with Crippen LogP contribution in [-0.4, -0.2) is 8.42 Å². The lowest BCUT2D eigenvalue weighted by molar-refractivity contribution is 0.603. The fourth-order valence-electron chi connectivity index (χ4n) is 1.51. The van der Waals surface area contributed by atoms with Gasteiger partial charge in [-0.3, -0.25) is 4.72 Å². The summed E-state index contributed by atoms with van der Waals surface area (Å²) in [7, 11) is -3.57. The Labute approximate surface area is 124 Å². The van der Waals surface area contributed by atoms with Crippen LogP contribution in [0.5, 0.6) is 0 Å².